The van der Waals surface area contributed by atoms with E-state index in [-0.39, 0.29) is 23.8 Å². The number of rotatable bonds is 7. The van der Waals surface area contributed by atoms with Gasteiger partial charge in [0.25, 0.3) is 0 Å². The Morgan fingerprint density at radius 3 is 1.54 bits per heavy atom. The van der Waals surface area contributed by atoms with Crippen molar-refractivity contribution in [3.8, 4) is 0 Å². The van der Waals surface area contributed by atoms with Gasteiger partial charge in [-0.05, 0) is 109 Å². The summed E-state index contributed by atoms with van der Waals surface area (Å²) in [6.45, 7) is 1.82. The Hall–Kier alpha value is -3.77. The van der Waals surface area contributed by atoms with Crippen molar-refractivity contribution in [1.29, 1.82) is 0 Å². The maximum atomic E-state index is 12.7. The molecule has 13 heteroatoms. The summed E-state index contributed by atoms with van der Waals surface area (Å²) in [6.07, 6.45) is -0.739. The van der Waals surface area contributed by atoms with Crippen LogP contribution in [0.4, 0.5) is 35.9 Å². The van der Waals surface area contributed by atoms with Crippen molar-refractivity contribution >= 4 is 68.4 Å². The van der Waals surface area contributed by atoms with Crippen LogP contribution in [-0.4, -0.2) is 34.6 Å². The van der Waals surface area contributed by atoms with E-state index in [1.54, 1.807) is 0 Å². The van der Waals surface area contributed by atoms with Gasteiger partial charge in [-0.2, -0.15) is 13.2 Å². The summed E-state index contributed by atoms with van der Waals surface area (Å²) in [7, 11) is -3.97. The molecule has 5 aromatic carbocycles. The SMILES string of the molecule is Cl.NCCN1c2ccccc2CCc2ccc(Cl)cc21.O=S(=O)(NCCN1c2ccccc2CCc2ccc(Cl)cc21)c1ccc(C(F)(F)F)cc1. The van der Waals surface area contributed by atoms with E-state index < -0.39 is 21.8 Å². The van der Waals surface area contributed by atoms with Crippen molar-refractivity contribution in [2.45, 2.75) is 36.8 Å². The second-order valence-electron chi connectivity index (χ2n) is 12.3. The van der Waals surface area contributed by atoms with E-state index in [9.17, 15) is 21.6 Å². The fourth-order valence-corrected chi connectivity index (χ4v) is 7.93. The molecule has 7 rings (SSSR count). The van der Waals surface area contributed by atoms with E-state index in [0.717, 1.165) is 84.0 Å². The lowest BCUT2D eigenvalue weighted by molar-refractivity contribution is -0.137. The zero-order valence-electron chi connectivity index (χ0n) is 28.0. The lowest BCUT2D eigenvalue weighted by Gasteiger charge is -2.27. The van der Waals surface area contributed by atoms with Crippen molar-refractivity contribution < 1.29 is 21.6 Å². The Morgan fingerprint density at radius 2 is 1.08 bits per heavy atom. The van der Waals surface area contributed by atoms with Crippen molar-refractivity contribution in [3.05, 3.63) is 147 Å². The fraction of sp³-hybridized carbons (Fsp3) is 0.231. The molecule has 0 saturated carbocycles. The van der Waals surface area contributed by atoms with Gasteiger partial charge in [-0.1, -0.05) is 71.7 Å². The third kappa shape index (κ3) is 9.05. The average molecular weight is 790 g/mol. The monoisotopic (exact) mass is 788 g/mol. The van der Waals surface area contributed by atoms with Crippen LogP contribution in [0.3, 0.4) is 0 Å². The topological polar surface area (TPSA) is 78.7 Å². The van der Waals surface area contributed by atoms with Gasteiger partial charge in [-0.3, -0.25) is 0 Å². The number of benzene rings is 5. The smallest absolute Gasteiger partial charge is 0.340 e. The number of halogens is 6. The van der Waals surface area contributed by atoms with Gasteiger partial charge in [0.2, 0.25) is 10.0 Å². The molecular formula is C39H38Cl3F3N4O2S. The summed E-state index contributed by atoms with van der Waals surface area (Å²) >= 11 is 12.4. The fourth-order valence-electron chi connectivity index (χ4n) is 6.58. The van der Waals surface area contributed by atoms with Gasteiger partial charge in [0, 0.05) is 59.0 Å². The number of fused-ring (bicyclic) bond motifs is 4. The van der Waals surface area contributed by atoms with E-state index in [1.807, 2.05) is 53.4 Å². The molecule has 0 radical (unpaired) electrons. The zero-order valence-corrected chi connectivity index (χ0v) is 31.2. The number of nitrogens with two attached hydrogens (primary N) is 1. The van der Waals surface area contributed by atoms with E-state index in [2.05, 4.69) is 46.0 Å². The highest BCUT2D eigenvalue weighted by Gasteiger charge is 2.31. The molecule has 6 nitrogen and oxygen atoms in total. The van der Waals surface area contributed by atoms with E-state index in [4.69, 9.17) is 28.9 Å². The van der Waals surface area contributed by atoms with Crippen molar-refractivity contribution in [2.24, 2.45) is 5.73 Å². The minimum Gasteiger partial charge on any atom is -0.340 e. The maximum Gasteiger partial charge on any atom is 0.416 e. The number of nitrogens with zero attached hydrogens (tertiary/aromatic N) is 2. The second kappa shape index (κ2) is 16.9. The Labute approximate surface area is 318 Å². The molecule has 0 bridgehead atoms. The summed E-state index contributed by atoms with van der Waals surface area (Å²) in [5.74, 6) is 0. The van der Waals surface area contributed by atoms with Crippen molar-refractivity contribution in [3.63, 3.8) is 0 Å². The Morgan fingerprint density at radius 1 is 0.635 bits per heavy atom. The quantitative estimate of drug-likeness (QED) is 0.172. The van der Waals surface area contributed by atoms with Gasteiger partial charge in [0.1, 0.15) is 0 Å². The number of alkyl halides is 3. The summed E-state index contributed by atoms with van der Waals surface area (Å²) in [4.78, 5) is 4.10. The number of hydrogen-bond acceptors (Lipinski definition) is 5. The Kier molecular flexibility index (Phi) is 12.8. The average Bonchev–Trinajstić information content (AvgIpc) is 3.36. The van der Waals surface area contributed by atoms with Crippen LogP contribution >= 0.6 is 35.6 Å². The highest BCUT2D eigenvalue weighted by atomic mass is 35.5. The summed E-state index contributed by atoms with van der Waals surface area (Å²) in [6, 6.07) is 31.7. The predicted octanol–water partition coefficient (Wildman–Crippen LogP) is 9.53. The molecule has 5 aromatic rings. The molecule has 274 valence electrons. The van der Waals surface area contributed by atoms with Gasteiger partial charge in [-0.15, -0.1) is 12.4 Å². The standard InChI is InChI=1S/C23H20ClF3N2O2S.C16H17ClN2.ClH/c24-19-10-7-17-6-5-16-3-1-2-4-21(16)29(22(17)15-19)14-13-28-32(30,31)20-11-8-18(9-12-20)23(25,26)27;17-14-8-7-13-6-5-12-3-1-2-4-15(12)19(10-9-18)16(13)11-14;/h1-4,7-12,15,28H,5-6,13-14H2;1-4,7-8,11H,5-6,9-10,18H2;1H. The van der Waals surface area contributed by atoms with E-state index >= 15 is 0 Å². The summed E-state index contributed by atoms with van der Waals surface area (Å²) in [5.41, 5.74) is 14.2. The molecule has 2 heterocycles. The van der Waals surface area contributed by atoms with Gasteiger partial charge in [0.05, 0.1) is 10.5 Å². The molecule has 0 atom stereocenters. The Bertz CT molecular complexity index is 2120. The van der Waals surface area contributed by atoms with Gasteiger partial charge >= 0.3 is 6.18 Å². The zero-order chi connectivity index (χ0) is 36.2. The normalized spacial score (nSPS) is 13.6. The molecule has 2 aliphatic rings. The third-order valence-corrected chi connectivity index (χ3v) is 11.0. The number of aryl methyl sites for hydroxylation is 4. The molecule has 0 spiro atoms. The third-order valence-electron chi connectivity index (χ3n) is 9.04. The van der Waals surface area contributed by atoms with Gasteiger partial charge in [0.15, 0.2) is 0 Å². The number of sulfonamides is 1. The molecule has 0 amide bonds. The van der Waals surface area contributed by atoms with Crippen molar-refractivity contribution in [2.75, 3.05) is 36.0 Å². The second-order valence-corrected chi connectivity index (χ2v) is 15.0. The largest absolute Gasteiger partial charge is 0.416 e. The van der Waals surface area contributed by atoms with E-state index in [1.165, 1.54) is 22.5 Å². The Balaban J connectivity index is 0.000000223. The number of nitrogens with one attached hydrogen (secondary N) is 1. The van der Waals surface area contributed by atoms with Crippen LogP contribution < -0.4 is 20.3 Å². The van der Waals surface area contributed by atoms with Crippen LogP contribution in [0.1, 0.15) is 27.8 Å². The van der Waals surface area contributed by atoms with Gasteiger partial charge in [-0.25, -0.2) is 13.1 Å². The first-order valence-electron chi connectivity index (χ1n) is 16.6. The highest BCUT2D eigenvalue weighted by molar-refractivity contribution is 7.89. The first-order valence-corrected chi connectivity index (χ1v) is 18.8. The molecule has 0 saturated heterocycles. The highest BCUT2D eigenvalue weighted by Crippen LogP contribution is 2.38. The molecule has 0 fully saturated rings. The minimum absolute atomic E-state index is 0. The van der Waals surface area contributed by atoms with Crippen LogP contribution in [0.25, 0.3) is 0 Å². The molecule has 0 aromatic heterocycles. The lowest BCUT2D eigenvalue weighted by Crippen LogP contribution is -2.33. The number of hydrogen-bond donors (Lipinski definition) is 2. The molecule has 0 aliphatic carbocycles. The molecular weight excluding hydrogens is 752 g/mol. The summed E-state index contributed by atoms with van der Waals surface area (Å²) in [5, 5.41) is 1.36. The van der Waals surface area contributed by atoms with Crippen LogP contribution in [0.15, 0.2) is 114 Å². The predicted molar refractivity (Wildman–Crippen MR) is 208 cm³/mol. The lowest BCUT2D eigenvalue weighted by atomic mass is 10.0. The number of para-hydroxylation sites is 2. The van der Waals surface area contributed by atoms with Crippen LogP contribution in [0, 0.1) is 0 Å². The first-order chi connectivity index (χ1) is 24.4. The summed E-state index contributed by atoms with van der Waals surface area (Å²) < 4.78 is 66.0. The van der Waals surface area contributed by atoms with Crippen LogP contribution in [0.5, 0.6) is 0 Å². The van der Waals surface area contributed by atoms with Crippen LogP contribution in [0.2, 0.25) is 10.0 Å². The minimum atomic E-state index is -4.52. The van der Waals surface area contributed by atoms with Gasteiger partial charge < -0.3 is 15.5 Å². The molecule has 52 heavy (non-hydrogen) atoms. The van der Waals surface area contributed by atoms with E-state index in [0.29, 0.717) is 18.1 Å². The molecule has 3 N–H and O–H groups in total. The molecule has 2 aliphatic heterocycles. The van der Waals surface area contributed by atoms with Crippen LogP contribution in [-0.2, 0) is 41.9 Å². The first kappa shape index (κ1) is 39.4. The molecule has 0 unspecified atom stereocenters. The maximum absolute atomic E-state index is 12.7. The van der Waals surface area contributed by atoms with Crippen molar-refractivity contribution in [1.82, 2.24) is 4.72 Å². The number of anilines is 4.